The van der Waals surface area contributed by atoms with Crippen molar-refractivity contribution in [2.75, 3.05) is 19.6 Å². The third-order valence-corrected chi connectivity index (χ3v) is 4.32. The maximum absolute atomic E-state index is 11.5. The average molecular weight is 420 g/mol. The number of aryl methyl sites for hydroxylation is 2. The Morgan fingerprint density at radius 2 is 1.71 bits per heavy atom. The lowest BCUT2D eigenvalue weighted by Crippen LogP contribution is -2.02. The molecule has 1 aromatic heterocycles. The van der Waals surface area contributed by atoms with Crippen molar-refractivity contribution in [2.45, 2.75) is 20.5 Å². The Kier molecular flexibility index (Phi) is 7.16. The first-order chi connectivity index (χ1) is 15.0. The summed E-state index contributed by atoms with van der Waals surface area (Å²) in [4.78, 5) is 20.1. The number of methoxy groups -OCH3 is 2. The summed E-state index contributed by atoms with van der Waals surface area (Å²) in [6, 6.07) is 14.4. The monoisotopic (exact) mass is 420 g/mol. The number of hydrogen-bond acceptors (Lipinski definition) is 8. The minimum Gasteiger partial charge on any atom is -0.493 e. The SMILES string of the molecule is COC(=O)c1ccc(COc2ccc(/C=N/Nc3nc(C)cc(C)n3)cc2OC)cc1. The van der Waals surface area contributed by atoms with Crippen molar-refractivity contribution in [3.05, 3.63) is 76.6 Å². The highest BCUT2D eigenvalue weighted by Gasteiger charge is 2.08. The van der Waals surface area contributed by atoms with Gasteiger partial charge in [-0.2, -0.15) is 5.10 Å². The Bertz CT molecular complexity index is 1060. The molecule has 0 spiro atoms. The first kappa shape index (κ1) is 21.8. The minimum absolute atomic E-state index is 0.330. The van der Waals surface area contributed by atoms with Crippen LogP contribution in [0.2, 0.25) is 0 Å². The van der Waals surface area contributed by atoms with E-state index >= 15 is 0 Å². The van der Waals surface area contributed by atoms with Crippen LogP contribution in [0.15, 0.2) is 53.6 Å². The van der Waals surface area contributed by atoms with Crippen LogP contribution in [0.1, 0.15) is 32.9 Å². The van der Waals surface area contributed by atoms with Crippen LogP contribution in [0.25, 0.3) is 0 Å². The van der Waals surface area contributed by atoms with Gasteiger partial charge in [-0.15, -0.1) is 0 Å². The fraction of sp³-hybridized carbons (Fsp3) is 0.217. The number of ether oxygens (including phenoxy) is 3. The van der Waals surface area contributed by atoms with Crippen LogP contribution in [0.3, 0.4) is 0 Å². The molecular weight excluding hydrogens is 396 g/mol. The molecule has 0 atom stereocenters. The zero-order valence-corrected chi connectivity index (χ0v) is 17.9. The maximum atomic E-state index is 11.5. The van der Waals surface area contributed by atoms with Crippen molar-refractivity contribution in [3.8, 4) is 11.5 Å². The lowest BCUT2D eigenvalue weighted by molar-refractivity contribution is 0.0600. The quantitative estimate of drug-likeness (QED) is 0.335. The second-order valence-electron chi connectivity index (χ2n) is 6.73. The van der Waals surface area contributed by atoms with Crippen molar-refractivity contribution in [1.29, 1.82) is 0 Å². The average Bonchev–Trinajstić information content (AvgIpc) is 2.77. The standard InChI is InChI=1S/C23H24N4O4/c1-15-11-16(2)26-23(25-15)27-24-13-18-7-10-20(21(12-18)29-3)31-14-17-5-8-19(9-6-17)22(28)30-4/h5-13H,14H2,1-4H3,(H,25,26,27)/b24-13+. The summed E-state index contributed by atoms with van der Waals surface area (Å²) in [7, 11) is 2.93. The normalized spacial score (nSPS) is 10.7. The number of carbonyl (C=O) groups excluding carboxylic acids is 1. The molecular formula is C23H24N4O4. The summed E-state index contributed by atoms with van der Waals surface area (Å²) < 4.78 is 16.0. The van der Waals surface area contributed by atoms with E-state index in [1.807, 2.05) is 50.2 Å². The number of rotatable bonds is 8. The molecule has 0 fully saturated rings. The molecule has 31 heavy (non-hydrogen) atoms. The van der Waals surface area contributed by atoms with Gasteiger partial charge in [0, 0.05) is 11.4 Å². The maximum Gasteiger partial charge on any atom is 0.337 e. The van der Waals surface area contributed by atoms with Gasteiger partial charge in [-0.25, -0.2) is 20.2 Å². The van der Waals surface area contributed by atoms with Crippen molar-refractivity contribution >= 4 is 18.1 Å². The third-order valence-electron chi connectivity index (χ3n) is 4.32. The number of nitrogens with zero attached hydrogens (tertiary/aromatic N) is 3. The number of anilines is 1. The summed E-state index contributed by atoms with van der Waals surface area (Å²) in [5.41, 5.74) is 6.80. The fourth-order valence-electron chi connectivity index (χ4n) is 2.84. The molecule has 1 heterocycles. The van der Waals surface area contributed by atoms with Gasteiger partial charge in [0.05, 0.1) is 26.0 Å². The van der Waals surface area contributed by atoms with E-state index in [1.165, 1.54) is 7.11 Å². The highest BCUT2D eigenvalue weighted by molar-refractivity contribution is 5.89. The number of hydrazone groups is 1. The zero-order chi connectivity index (χ0) is 22.2. The highest BCUT2D eigenvalue weighted by atomic mass is 16.5. The number of hydrogen-bond donors (Lipinski definition) is 1. The predicted molar refractivity (Wildman–Crippen MR) is 118 cm³/mol. The van der Waals surface area contributed by atoms with Crippen LogP contribution >= 0.6 is 0 Å². The summed E-state index contributed by atoms with van der Waals surface area (Å²) in [5, 5.41) is 4.19. The first-order valence-corrected chi connectivity index (χ1v) is 9.58. The van der Waals surface area contributed by atoms with Gasteiger partial charge >= 0.3 is 5.97 Å². The number of esters is 1. The van der Waals surface area contributed by atoms with Crippen LogP contribution in [0.5, 0.6) is 11.5 Å². The molecule has 0 radical (unpaired) electrons. The molecule has 160 valence electrons. The first-order valence-electron chi connectivity index (χ1n) is 9.58. The number of carbonyl (C=O) groups is 1. The van der Waals surface area contributed by atoms with E-state index < -0.39 is 0 Å². The van der Waals surface area contributed by atoms with E-state index in [0.29, 0.717) is 29.6 Å². The van der Waals surface area contributed by atoms with Crippen LogP contribution in [0.4, 0.5) is 5.95 Å². The third kappa shape index (κ3) is 6.02. The van der Waals surface area contributed by atoms with Crippen LogP contribution in [-0.2, 0) is 11.3 Å². The molecule has 8 nitrogen and oxygen atoms in total. The van der Waals surface area contributed by atoms with E-state index in [2.05, 4.69) is 20.5 Å². The lowest BCUT2D eigenvalue weighted by Gasteiger charge is -2.11. The van der Waals surface area contributed by atoms with E-state index in [4.69, 9.17) is 14.2 Å². The molecule has 8 heteroatoms. The molecule has 0 amide bonds. The van der Waals surface area contributed by atoms with Gasteiger partial charge in [-0.3, -0.25) is 0 Å². The van der Waals surface area contributed by atoms with Gasteiger partial charge in [-0.05, 0) is 61.4 Å². The van der Waals surface area contributed by atoms with E-state index in [0.717, 1.165) is 22.5 Å². The van der Waals surface area contributed by atoms with Crippen molar-refractivity contribution < 1.29 is 19.0 Å². The number of aromatic nitrogens is 2. The van der Waals surface area contributed by atoms with E-state index in [-0.39, 0.29) is 5.97 Å². The Hall–Kier alpha value is -3.94. The largest absolute Gasteiger partial charge is 0.493 e. The van der Waals surface area contributed by atoms with Crippen LogP contribution in [0, 0.1) is 13.8 Å². The number of benzene rings is 2. The Labute approximate surface area is 180 Å². The predicted octanol–water partition coefficient (Wildman–Crippen LogP) is 3.91. The zero-order valence-electron chi connectivity index (χ0n) is 17.9. The van der Waals surface area contributed by atoms with Crippen LogP contribution in [-0.4, -0.2) is 36.4 Å². The van der Waals surface area contributed by atoms with Gasteiger partial charge in [0.1, 0.15) is 6.61 Å². The van der Waals surface area contributed by atoms with E-state index in [9.17, 15) is 4.79 Å². The number of nitrogens with one attached hydrogen (secondary N) is 1. The molecule has 3 rings (SSSR count). The summed E-state index contributed by atoms with van der Waals surface area (Å²) in [5.74, 6) is 1.25. The summed E-state index contributed by atoms with van der Waals surface area (Å²) in [6.45, 7) is 4.14. The van der Waals surface area contributed by atoms with E-state index in [1.54, 1.807) is 25.5 Å². The van der Waals surface area contributed by atoms with Crippen molar-refractivity contribution in [1.82, 2.24) is 9.97 Å². The van der Waals surface area contributed by atoms with Gasteiger partial charge in [0.15, 0.2) is 11.5 Å². The summed E-state index contributed by atoms with van der Waals surface area (Å²) in [6.07, 6.45) is 1.65. The van der Waals surface area contributed by atoms with Gasteiger partial charge in [-0.1, -0.05) is 12.1 Å². The Morgan fingerprint density at radius 3 is 2.35 bits per heavy atom. The topological polar surface area (TPSA) is 94.9 Å². The molecule has 0 saturated carbocycles. The van der Waals surface area contributed by atoms with Crippen molar-refractivity contribution in [2.24, 2.45) is 5.10 Å². The molecule has 0 unspecified atom stereocenters. The fourth-order valence-corrected chi connectivity index (χ4v) is 2.84. The lowest BCUT2D eigenvalue weighted by atomic mass is 10.1. The van der Waals surface area contributed by atoms with Crippen molar-refractivity contribution in [3.63, 3.8) is 0 Å². The second-order valence-corrected chi connectivity index (χ2v) is 6.73. The molecule has 1 N–H and O–H groups in total. The Balaban J connectivity index is 1.63. The molecule has 0 aliphatic heterocycles. The summed E-state index contributed by atoms with van der Waals surface area (Å²) >= 11 is 0. The molecule has 0 aliphatic rings. The van der Waals surface area contributed by atoms with Gasteiger partial charge < -0.3 is 14.2 Å². The van der Waals surface area contributed by atoms with Gasteiger partial charge in [0.2, 0.25) is 5.95 Å². The second kappa shape index (κ2) is 10.2. The molecule has 3 aromatic rings. The molecule has 0 aliphatic carbocycles. The smallest absolute Gasteiger partial charge is 0.337 e. The highest BCUT2D eigenvalue weighted by Crippen LogP contribution is 2.28. The molecule has 2 aromatic carbocycles. The van der Waals surface area contributed by atoms with Gasteiger partial charge in [0.25, 0.3) is 0 Å². The van der Waals surface area contributed by atoms with Crippen LogP contribution < -0.4 is 14.9 Å². The minimum atomic E-state index is -0.370. The Morgan fingerprint density at radius 1 is 1.00 bits per heavy atom. The molecule has 0 bridgehead atoms. The molecule has 0 saturated heterocycles.